The second-order valence-electron chi connectivity index (χ2n) is 7.24. The van der Waals surface area contributed by atoms with Crippen molar-refractivity contribution in [2.75, 3.05) is 19.6 Å². The average molecular weight is 286 g/mol. The highest BCUT2D eigenvalue weighted by Crippen LogP contribution is 2.24. The molecule has 1 N–H and O–H groups in total. The molecule has 2 nitrogen and oxygen atoms in total. The van der Waals surface area contributed by atoms with Gasteiger partial charge in [-0.1, -0.05) is 32.0 Å². The van der Waals surface area contributed by atoms with Crippen LogP contribution in [0.5, 0.6) is 0 Å². The molecule has 1 saturated heterocycles. The Labute approximate surface area is 129 Å². The van der Waals surface area contributed by atoms with Crippen molar-refractivity contribution in [2.45, 2.75) is 58.5 Å². The molecule has 1 aromatic carbocycles. The van der Waals surface area contributed by atoms with E-state index >= 15 is 0 Å². The van der Waals surface area contributed by atoms with Crippen molar-refractivity contribution in [2.24, 2.45) is 5.92 Å². The number of aryl methyl sites for hydroxylation is 2. The van der Waals surface area contributed by atoms with Crippen molar-refractivity contribution in [1.82, 2.24) is 10.2 Å². The van der Waals surface area contributed by atoms with E-state index in [9.17, 15) is 0 Å². The normalized spacial score (nSPS) is 20.1. The third-order valence-electron chi connectivity index (χ3n) is 5.09. The summed E-state index contributed by atoms with van der Waals surface area (Å²) in [6.45, 7) is 9.36. The SMILES string of the molecule is CC(C)NCC1CCN(Cc2ccc3c(c2)CCC3)CC1. The molecule has 1 aliphatic carbocycles. The van der Waals surface area contributed by atoms with Crippen LogP contribution in [-0.2, 0) is 19.4 Å². The number of nitrogens with one attached hydrogen (secondary N) is 1. The maximum absolute atomic E-state index is 3.59. The molecule has 1 fully saturated rings. The lowest BCUT2D eigenvalue weighted by Gasteiger charge is -2.32. The maximum Gasteiger partial charge on any atom is 0.0233 e. The summed E-state index contributed by atoms with van der Waals surface area (Å²) in [6, 6.07) is 7.82. The molecule has 0 radical (unpaired) electrons. The number of fused-ring (bicyclic) bond motifs is 1. The van der Waals surface area contributed by atoms with Gasteiger partial charge < -0.3 is 5.32 Å². The highest BCUT2D eigenvalue weighted by Gasteiger charge is 2.19. The number of benzene rings is 1. The number of nitrogens with zero attached hydrogens (tertiary/aromatic N) is 1. The van der Waals surface area contributed by atoms with Gasteiger partial charge >= 0.3 is 0 Å². The van der Waals surface area contributed by atoms with E-state index in [1.807, 2.05) is 0 Å². The topological polar surface area (TPSA) is 15.3 Å². The van der Waals surface area contributed by atoms with Crippen molar-refractivity contribution in [3.8, 4) is 0 Å². The monoisotopic (exact) mass is 286 g/mol. The van der Waals surface area contributed by atoms with Crippen molar-refractivity contribution in [3.05, 3.63) is 34.9 Å². The molecule has 2 heteroatoms. The molecular weight excluding hydrogens is 256 g/mol. The Morgan fingerprint density at radius 3 is 2.67 bits per heavy atom. The van der Waals surface area contributed by atoms with Crippen molar-refractivity contribution in [1.29, 1.82) is 0 Å². The van der Waals surface area contributed by atoms with Crippen LogP contribution in [0.3, 0.4) is 0 Å². The van der Waals surface area contributed by atoms with Crippen molar-refractivity contribution in [3.63, 3.8) is 0 Å². The lowest BCUT2D eigenvalue weighted by Crippen LogP contribution is -2.38. The molecule has 3 rings (SSSR count). The van der Waals surface area contributed by atoms with Crippen LogP contribution in [0.2, 0.25) is 0 Å². The lowest BCUT2D eigenvalue weighted by molar-refractivity contribution is 0.174. The highest BCUT2D eigenvalue weighted by molar-refractivity contribution is 5.35. The second-order valence-corrected chi connectivity index (χ2v) is 7.24. The fourth-order valence-corrected chi connectivity index (χ4v) is 3.73. The van der Waals surface area contributed by atoms with E-state index in [4.69, 9.17) is 0 Å². The summed E-state index contributed by atoms with van der Waals surface area (Å²) < 4.78 is 0. The van der Waals surface area contributed by atoms with E-state index in [2.05, 4.69) is 42.3 Å². The maximum atomic E-state index is 3.59. The smallest absolute Gasteiger partial charge is 0.0233 e. The minimum Gasteiger partial charge on any atom is -0.314 e. The minimum atomic E-state index is 0.620. The number of piperidine rings is 1. The lowest BCUT2D eigenvalue weighted by atomic mass is 9.96. The second kappa shape index (κ2) is 6.93. The molecule has 0 atom stereocenters. The third-order valence-corrected chi connectivity index (χ3v) is 5.09. The summed E-state index contributed by atoms with van der Waals surface area (Å²) in [4.78, 5) is 2.64. The molecule has 21 heavy (non-hydrogen) atoms. The predicted octanol–water partition coefficient (Wildman–Crippen LogP) is 3.39. The zero-order valence-electron chi connectivity index (χ0n) is 13.7. The van der Waals surface area contributed by atoms with Crippen LogP contribution >= 0.6 is 0 Å². The first-order chi connectivity index (χ1) is 10.2. The Bertz CT molecular complexity index is 459. The summed E-state index contributed by atoms with van der Waals surface area (Å²) in [6.07, 6.45) is 6.65. The third kappa shape index (κ3) is 4.08. The van der Waals surface area contributed by atoms with Crippen LogP contribution in [0.25, 0.3) is 0 Å². The first kappa shape index (κ1) is 15.1. The Kier molecular flexibility index (Phi) is 4.97. The fraction of sp³-hybridized carbons (Fsp3) is 0.684. The average Bonchev–Trinajstić information content (AvgIpc) is 2.94. The number of hydrogen-bond donors (Lipinski definition) is 1. The number of hydrogen-bond acceptors (Lipinski definition) is 2. The molecule has 0 saturated carbocycles. The van der Waals surface area contributed by atoms with Crippen LogP contribution in [0, 0.1) is 5.92 Å². The van der Waals surface area contributed by atoms with Gasteiger partial charge in [-0.3, -0.25) is 4.90 Å². The molecule has 1 aromatic rings. The Morgan fingerprint density at radius 2 is 1.90 bits per heavy atom. The van der Waals surface area contributed by atoms with Gasteiger partial charge in [0.05, 0.1) is 0 Å². The van der Waals surface area contributed by atoms with Crippen LogP contribution in [0.15, 0.2) is 18.2 Å². The van der Waals surface area contributed by atoms with Gasteiger partial charge in [0.15, 0.2) is 0 Å². The van der Waals surface area contributed by atoms with Crippen LogP contribution in [-0.4, -0.2) is 30.6 Å². The Hall–Kier alpha value is -0.860. The van der Waals surface area contributed by atoms with Gasteiger partial charge in [-0.2, -0.15) is 0 Å². The quantitative estimate of drug-likeness (QED) is 0.892. The molecule has 0 unspecified atom stereocenters. The minimum absolute atomic E-state index is 0.620. The Morgan fingerprint density at radius 1 is 1.14 bits per heavy atom. The summed E-state index contributed by atoms with van der Waals surface area (Å²) in [5.74, 6) is 0.878. The van der Waals surface area contributed by atoms with E-state index in [0.717, 1.165) is 12.5 Å². The first-order valence-corrected chi connectivity index (χ1v) is 8.77. The van der Waals surface area contributed by atoms with E-state index in [1.165, 1.54) is 57.3 Å². The number of likely N-dealkylation sites (tertiary alicyclic amines) is 1. The summed E-state index contributed by atoms with van der Waals surface area (Å²) >= 11 is 0. The molecule has 0 amide bonds. The van der Waals surface area contributed by atoms with E-state index in [-0.39, 0.29) is 0 Å². The van der Waals surface area contributed by atoms with Crippen molar-refractivity contribution < 1.29 is 0 Å². The van der Waals surface area contributed by atoms with Gasteiger partial charge in [0.2, 0.25) is 0 Å². The van der Waals surface area contributed by atoms with Crippen molar-refractivity contribution >= 4 is 0 Å². The zero-order chi connectivity index (χ0) is 14.7. The molecule has 116 valence electrons. The molecule has 1 aliphatic heterocycles. The van der Waals surface area contributed by atoms with Gasteiger partial charge in [0.25, 0.3) is 0 Å². The molecule has 0 spiro atoms. The summed E-state index contributed by atoms with van der Waals surface area (Å²) in [5.41, 5.74) is 4.73. The molecule has 0 aromatic heterocycles. The van der Waals surface area contributed by atoms with Gasteiger partial charge in [-0.25, -0.2) is 0 Å². The van der Waals surface area contributed by atoms with Gasteiger partial charge in [-0.15, -0.1) is 0 Å². The summed E-state index contributed by atoms with van der Waals surface area (Å²) in [5, 5.41) is 3.59. The van der Waals surface area contributed by atoms with Gasteiger partial charge in [0.1, 0.15) is 0 Å². The largest absolute Gasteiger partial charge is 0.314 e. The standard InChI is InChI=1S/C19H30N2/c1-15(2)20-13-16-8-10-21(11-9-16)14-17-6-7-18-4-3-5-19(18)12-17/h6-7,12,15-16,20H,3-5,8-11,13-14H2,1-2H3. The van der Waals surface area contributed by atoms with E-state index in [1.54, 1.807) is 11.1 Å². The molecule has 1 heterocycles. The van der Waals surface area contributed by atoms with E-state index in [0.29, 0.717) is 6.04 Å². The van der Waals surface area contributed by atoms with Gasteiger partial charge in [0, 0.05) is 12.6 Å². The highest BCUT2D eigenvalue weighted by atomic mass is 15.1. The summed E-state index contributed by atoms with van der Waals surface area (Å²) in [7, 11) is 0. The zero-order valence-corrected chi connectivity index (χ0v) is 13.7. The fourth-order valence-electron chi connectivity index (χ4n) is 3.73. The van der Waals surface area contributed by atoms with Crippen LogP contribution < -0.4 is 5.32 Å². The number of rotatable bonds is 5. The Balaban J connectivity index is 1.47. The van der Waals surface area contributed by atoms with Crippen LogP contribution in [0.1, 0.15) is 49.8 Å². The molecular formula is C19H30N2. The van der Waals surface area contributed by atoms with E-state index < -0.39 is 0 Å². The predicted molar refractivity (Wildman–Crippen MR) is 89.6 cm³/mol. The van der Waals surface area contributed by atoms with Gasteiger partial charge in [-0.05, 0) is 74.3 Å². The molecule has 0 bridgehead atoms. The molecule has 2 aliphatic rings. The van der Waals surface area contributed by atoms with Crippen LogP contribution in [0.4, 0.5) is 0 Å². The first-order valence-electron chi connectivity index (χ1n) is 8.77.